The molecule has 74 valence electrons. The van der Waals surface area contributed by atoms with E-state index in [-0.39, 0.29) is 0 Å². The first-order valence-corrected chi connectivity index (χ1v) is 7.08. The Hall–Kier alpha value is 0.0500. The van der Waals surface area contributed by atoms with Crippen molar-refractivity contribution in [2.24, 2.45) is 0 Å². The molecule has 1 aromatic rings. The zero-order chi connectivity index (χ0) is 9.52. The van der Waals surface area contributed by atoms with Crippen molar-refractivity contribution in [2.75, 3.05) is 6.26 Å². The van der Waals surface area contributed by atoms with Crippen LogP contribution in [0.3, 0.4) is 0 Å². The zero-order valence-electron chi connectivity index (χ0n) is 8.51. The molecule has 0 aliphatic rings. The third-order valence-corrected chi connectivity index (χ3v) is 3.99. The summed E-state index contributed by atoms with van der Waals surface area (Å²) in [6.45, 7) is 2.26. The Morgan fingerprint density at radius 3 is 2.77 bits per heavy atom. The highest BCUT2D eigenvalue weighted by Crippen LogP contribution is 2.24. The van der Waals surface area contributed by atoms with Gasteiger partial charge >= 0.3 is 0 Å². The Morgan fingerprint density at radius 2 is 2.15 bits per heavy atom. The van der Waals surface area contributed by atoms with E-state index in [1.165, 1.54) is 37.0 Å². The van der Waals surface area contributed by atoms with E-state index >= 15 is 0 Å². The maximum absolute atomic E-state index is 2.33. The Labute approximate surface area is 89.7 Å². The number of hydrogen-bond donors (Lipinski definition) is 0. The molecule has 0 aliphatic carbocycles. The van der Waals surface area contributed by atoms with Gasteiger partial charge in [-0.15, -0.1) is 23.1 Å². The minimum absolute atomic E-state index is 1.28. The van der Waals surface area contributed by atoms with Gasteiger partial charge in [-0.3, -0.25) is 0 Å². The molecule has 0 unspecified atom stereocenters. The molecule has 0 atom stereocenters. The fraction of sp³-hybridized carbons (Fsp3) is 0.636. The molecule has 0 aliphatic heterocycles. The second kappa shape index (κ2) is 6.50. The third kappa shape index (κ3) is 4.19. The first kappa shape index (κ1) is 11.1. The van der Waals surface area contributed by atoms with Crippen molar-refractivity contribution in [2.45, 2.75) is 43.9 Å². The highest BCUT2D eigenvalue weighted by molar-refractivity contribution is 7.98. The normalized spacial score (nSPS) is 10.6. The minimum Gasteiger partial charge on any atom is -0.148 e. The van der Waals surface area contributed by atoms with Gasteiger partial charge in [-0.05, 0) is 25.2 Å². The predicted molar refractivity (Wildman–Crippen MR) is 63.9 cm³/mol. The van der Waals surface area contributed by atoms with Crippen LogP contribution >= 0.6 is 23.1 Å². The zero-order valence-corrected chi connectivity index (χ0v) is 10.1. The summed E-state index contributed by atoms with van der Waals surface area (Å²) in [5, 5.41) is 2.26. The summed E-state index contributed by atoms with van der Waals surface area (Å²) in [7, 11) is 0. The molecule has 0 bridgehead atoms. The van der Waals surface area contributed by atoms with E-state index in [0.29, 0.717) is 0 Å². The van der Waals surface area contributed by atoms with Gasteiger partial charge in [0.15, 0.2) is 0 Å². The van der Waals surface area contributed by atoms with Crippen molar-refractivity contribution in [3.8, 4) is 0 Å². The molecule has 0 saturated carbocycles. The summed E-state index contributed by atoms with van der Waals surface area (Å²) >= 11 is 3.76. The van der Waals surface area contributed by atoms with Gasteiger partial charge in [0.25, 0.3) is 0 Å². The van der Waals surface area contributed by atoms with Crippen LogP contribution in [-0.4, -0.2) is 6.26 Å². The smallest absolute Gasteiger partial charge is 0.0179 e. The number of hydrogen-bond acceptors (Lipinski definition) is 2. The molecule has 0 nitrogen and oxygen atoms in total. The van der Waals surface area contributed by atoms with Gasteiger partial charge < -0.3 is 0 Å². The van der Waals surface area contributed by atoms with Gasteiger partial charge in [-0.25, -0.2) is 0 Å². The Balaban J connectivity index is 2.20. The summed E-state index contributed by atoms with van der Waals surface area (Å²) < 4.78 is 0. The van der Waals surface area contributed by atoms with Gasteiger partial charge in [-0.2, -0.15) is 0 Å². The fourth-order valence-electron chi connectivity index (χ4n) is 1.32. The molecule has 0 saturated heterocycles. The van der Waals surface area contributed by atoms with Crippen LogP contribution in [0.5, 0.6) is 0 Å². The monoisotopic (exact) mass is 214 g/mol. The summed E-state index contributed by atoms with van der Waals surface area (Å²) in [4.78, 5) is 2.98. The molecule has 1 heterocycles. The van der Waals surface area contributed by atoms with E-state index in [1.807, 2.05) is 23.1 Å². The van der Waals surface area contributed by atoms with E-state index in [9.17, 15) is 0 Å². The lowest BCUT2D eigenvalue weighted by Gasteiger charge is -1.96. The van der Waals surface area contributed by atoms with Gasteiger partial charge in [0, 0.05) is 15.2 Å². The van der Waals surface area contributed by atoms with Crippen molar-refractivity contribution in [1.82, 2.24) is 0 Å². The highest BCUT2D eigenvalue weighted by Gasteiger charge is 1.98. The van der Waals surface area contributed by atoms with Crippen LogP contribution in [0, 0.1) is 0 Å². The first-order chi connectivity index (χ1) is 6.36. The van der Waals surface area contributed by atoms with Crippen LogP contribution < -0.4 is 0 Å². The van der Waals surface area contributed by atoms with Gasteiger partial charge in [0.05, 0.1) is 0 Å². The van der Waals surface area contributed by atoms with Crippen LogP contribution in [-0.2, 0) is 6.42 Å². The minimum atomic E-state index is 1.28. The molecule has 2 heteroatoms. The van der Waals surface area contributed by atoms with E-state index < -0.39 is 0 Å². The molecule has 1 aromatic heterocycles. The second-order valence-corrected chi connectivity index (χ2v) is 5.14. The van der Waals surface area contributed by atoms with E-state index in [1.54, 1.807) is 4.88 Å². The van der Waals surface area contributed by atoms with Gasteiger partial charge in [0.1, 0.15) is 0 Å². The number of unbranched alkanes of at least 4 members (excludes halogenated alkanes) is 3. The maximum atomic E-state index is 2.33. The average Bonchev–Trinajstić information content (AvgIpc) is 2.60. The fourth-order valence-corrected chi connectivity index (χ4v) is 2.98. The molecular weight excluding hydrogens is 196 g/mol. The van der Waals surface area contributed by atoms with Crippen molar-refractivity contribution in [3.05, 3.63) is 16.3 Å². The number of aryl methyl sites for hydroxylation is 1. The molecule has 0 radical (unpaired) electrons. The summed E-state index contributed by atoms with van der Waals surface area (Å²) in [6.07, 6.45) is 8.90. The third-order valence-electron chi connectivity index (χ3n) is 2.14. The van der Waals surface area contributed by atoms with Crippen LogP contribution in [0.15, 0.2) is 16.3 Å². The largest absolute Gasteiger partial charge is 0.148 e. The number of thioether (sulfide) groups is 1. The molecule has 1 rings (SSSR count). The molecule has 0 fully saturated rings. The summed E-state index contributed by atoms with van der Waals surface area (Å²) in [5.41, 5.74) is 0. The highest BCUT2D eigenvalue weighted by atomic mass is 32.2. The van der Waals surface area contributed by atoms with Crippen molar-refractivity contribution >= 4 is 23.1 Å². The van der Waals surface area contributed by atoms with Crippen LogP contribution in [0.1, 0.15) is 37.5 Å². The number of rotatable bonds is 6. The summed E-state index contributed by atoms with van der Waals surface area (Å²) in [5.74, 6) is 0. The molecule has 0 N–H and O–H groups in total. The van der Waals surface area contributed by atoms with Crippen LogP contribution in [0.2, 0.25) is 0 Å². The quantitative estimate of drug-likeness (QED) is 0.493. The van der Waals surface area contributed by atoms with Crippen molar-refractivity contribution in [3.63, 3.8) is 0 Å². The first-order valence-electron chi connectivity index (χ1n) is 4.98. The van der Waals surface area contributed by atoms with Gasteiger partial charge in [-0.1, -0.05) is 26.2 Å². The Bertz CT molecular complexity index is 228. The molecule has 0 amide bonds. The lowest BCUT2D eigenvalue weighted by molar-refractivity contribution is 0.670. The van der Waals surface area contributed by atoms with Crippen LogP contribution in [0.25, 0.3) is 0 Å². The van der Waals surface area contributed by atoms with Crippen molar-refractivity contribution < 1.29 is 0 Å². The Morgan fingerprint density at radius 1 is 1.31 bits per heavy atom. The summed E-state index contributed by atoms with van der Waals surface area (Å²) in [6, 6.07) is 2.33. The number of thiophene rings is 1. The molecular formula is C11H18S2. The predicted octanol–water partition coefficient (Wildman–Crippen LogP) is 4.59. The SMILES string of the molecule is CCCCCCc1cc(SC)cs1. The second-order valence-electron chi connectivity index (χ2n) is 3.26. The van der Waals surface area contributed by atoms with Gasteiger partial charge in [0.2, 0.25) is 0 Å². The Kier molecular flexibility index (Phi) is 5.56. The molecule has 0 aromatic carbocycles. The lowest BCUT2D eigenvalue weighted by Crippen LogP contribution is -1.80. The molecule has 13 heavy (non-hydrogen) atoms. The lowest BCUT2D eigenvalue weighted by atomic mass is 10.1. The van der Waals surface area contributed by atoms with E-state index in [4.69, 9.17) is 0 Å². The topological polar surface area (TPSA) is 0 Å². The molecule has 0 spiro atoms. The van der Waals surface area contributed by atoms with Crippen LogP contribution in [0.4, 0.5) is 0 Å². The average molecular weight is 214 g/mol. The van der Waals surface area contributed by atoms with E-state index in [0.717, 1.165) is 0 Å². The standard InChI is InChI=1S/C11H18S2/c1-3-4-5-6-7-10-8-11(12-2)9-13-10/h8-9H,3-7H2,1-2H3. The van der Waals surface area contributed by atoms with Crippen molar-refractivity contribution in [1.29, 1.82) is 0 Å². The van der Waals surface area contributed by atoms with E-state index in [2.05, 4.69) is 24.6 Å². The maximum Gasteiger partial charge on any atom is 0.0179 e.